The molecule has 0 saturated carbocycles. The number of hydrogen-bond donors (Lipinski definition) is 2. The molecule has 0 unspecified atom stereocenters. The number of carbonyl (C=O) groups excluding carboxylic acids is 1. The molecule has 3 nitrogen and oxygen atoms in total. The Hall–Kier alpha value is -2.29. The molecular weight excluding hydrogens is 236 g/mol. The third-order valence-electron chi connectivity index (χ3n) is 3.12. The molecule has 0 saturated heterocycles. The van der Waals surface area contributed by atoms with E-state index >= 15 is 0 Å². The number of rotatable bonds is 3. The molecule has 0 atom stereocenters. The van der Waals surface area contributed by atoms with Gasteiger partial charge in [0.2, 0.25) is 0 Å². The van der Waals surface area contributed by atoms with Gasteiger partial charge in [0.25, 0.3) is 5.91 Å². The van der Waals surface area contributed by atoms with Gasteiger partial charge in [-0.05, 0) is 54.8 Å². The van der Waals surface area contributed by atoms with Gasteiger partial charge in [-0.1, -0.05) is 19.1 Å². The summed E-state index contributed by atoms with van der Waals surface area (Å²) in [5.74, 6) is -0.109. The van der Waals surface area contributed by atoms with Crippen LogP contribution in [0.2, 0.25) is 0 Å². The van der Waals surface area contributed by atoms with Crippen LogP contribution < -0.4 is 11.1 Å². The second kappa shape index (κ2) is 5.57. The monoisotopic (exact) mass is 254 g/mol. The fraction of sp³-hybridized carbons (Fsp3) is 0.188. The SMILES string of the molecule is CCc1ccc(NC(=O)c2ccc(N)cc2C)cc1. The van der Waals surface area contributed by atoms with Crippen LogP contribution in [-0.2, 0) is 6.42 Å². The lowest BCUT2D eigenvalue weighted by Crippen LogP contribution is -2.13. The molecule has 0 aliphatic carbocycles. The van der Waals surface area contributed by atoms with Gasteiger partial charge in [0, 0.05) is 16.9 Å². The van der Waals surface area contributed by atoms with Crippen molar-refractivity contribution in [3.05, 3.63) is 59.2 Å². The van der Waals surface area contributed by atoms with Gasteiger partial charge < -0.3 is 11.1 Å². The summed E-state index contributed by atoms with van der Waals surface area (Å²) >= 11 is 0. The van der Waals surface area contributed by atoms with Crippen LogP contribution in [0.3, 0.4) is 0 Å². The molecule has 98 valence electrons. The Bertz CT molecular complexity index is 588. The zero-order valence-corrected chi connectivity index (χ0v) is 11.2. The molecule has 0 aliphatic rings. The summed E-state index contributed by atoms with van der Waals surface area (Å²) in [6.07, 6.45) is 0.991. The molecule has 1 amide bonds. The quantitative estimate of drug-likeness (QED) is 0.825. The number of aryl methyl sites for hydroxylation is 2. The first-order valence-corrected chi connectivity index (χ1v) is 6.36. The highest BCUT2D eigenvalue weighted by Gasteiger charge is 2.09. The number of carbonyl (C=O) groups is 1. The van der Waals surface area contributed by atoms with Crippen LogP contribution in [0, 0.1) is 6.92 Å². The molecule has 0 spiro atoms. The van der Waals surface area contributed by atoms with E-state index in [1.54, 1.807) is 18.2 Å². The molecule has 0 heterocycles. The normalized spacial score (nSPS) is 10.2. The van der Waals surface area contributed by atoms with Crippen molar-refractivity contribution in [1.82, 2.24) is 0 Å². The molecule has 0 aliphatic heterocycles. The Morgan fingerprint density at radius 3 is 2.42 bits per heavy atom. The third-order valence-corrected chi connectivity index (χ3v) is 3.12. The van der Waals surface area contributed by atoms with Crippen LogP contribution in [0.5, 0.6) is 0 Å². The number of hydrogen-bond acceptors (Lipinski definition) is 2. The minimum absolute atomic E-state index is 0.109. The van der Waals surface area contributed by atoms with Crippen LogP contribution in [0.1, 0.15) is 28.4 Å². The lowest BCUT2D eigenvalue weighted by molar-refractivity contribution is 0.102. The summed E-state index contributed by atoms with van der Waals surface area (Å²) in [5, 5.41) is 2.89. The first-order valence-electron chi connectivity index (χ1n) is 6.36. The average Bonchev–Trinajstić information content (AvgIpc) is 2.39. The summed E-state index contributed by atoms with van der Waals surface area (Å²) in [5.41, 5.74) is 9.93. The second-order valence-corrected chi connectivity index (χ2v) is 4.58. The molecule has 2 rings (SSSR count). The predicted molar refractivity (Wildman–Crippen MR) is 79.4 cm³/mol. The highest BCUT2D eigenvalue weighted by Crippen LogP contribution is 2.16. The minimum atomic E-state index is -0.109. The van der Waals surface area contributed by atoms with E-state index in [1.165, 1.54) is 5.56 Å². The Morgan fingerprint density at radius 2 is 1.84 bits per heavy atom. The van der Waals surface area contributed by atoms with Crippen molar-refractivity contribution >= 4 is 17.3 Å². The standard InChI is InChI=1S/C16H18N2O/c1-3-12-4-7-14(8-5-12)18-16(19)15-9-6-13(17)10-11(15)2/h4-10H,3,17H2,1-2H3,(H,18,19). The third kappa shape index (κ3) is 3.13. The van der Waals surface area contributed by atoms with Crippen molar-refractivity contribution in [2.75, 3.05) is 11.1 Å². The molecule has 0 fully saturated rings. The van der Waals surface area contributed by atoms with E-state index in [0.29, 0.717) is 11.3 Å². The van der Waals surface area contributed by atoms with Crippen molar-refractivity contribution in [2.45, 2.75) is 20.3 Å². The second-order valence-electron chi connectivity index (χ2n) is 4.58. The molecule has 19 heavy (non-hydrogen) atoms. The minimum Gasteiger partial charge on any atom is -0.399 e. The highest BCUT2D eigenvalue weighted by molar-refractivity contribution is 6.05. The van der Waals surface area contributed by atoms with E-state index < -0.39 is 0 Å². The van der Waals surface area contributed by atoms with E-state index in [-0.39, 0.29) is 5.91 Å². The number of nitrogens with two attached hydrogens (primary N) is 1. The molecule has 0 aromatic heterocycles. The lowest BCUT2D eigenvalue weighted by atomic mass is 10.1. The zero-order chi connectivity index (χ0) is 13.8. The Balaban J connectivity index is 2.15. The van der Waals surface area contributed by atoms with Crippen molar-refractivity contribution in [1.29, 1.82) is 0 Å². The zero-order valence-electron chi connectivity index (χ0n) is 11.2. The predicted octanol–water partition coefficient (Wildman–Crippen LogP) is 3.39. The summed E-state index contributed by atoms with van der Waals surface area (Å²) in [6, 6.07) is 13.2. The summed E-state index contributed by atoms with van der Waals surface area (Å²) in [4.78, 5) is 12.1. The maximum atomic E-state index is 12.1. The van der Waals surface area contributed by atoms with Crippen molar-refractivity contribution in [2.24, 2.45) is 0 Å². The van der Waals surface area contributed by atoms with Crippen LogP contribution in [-0.4, -0.2) is 5.91 Å². The van der Waals surface area contributed by atoms with Gasteiger partial charge in [0.05, 0.1) is 0 Å². The summed E-state index contributed by atoms with van der Waals surface area (Å²) < 4.78 is 0. The fourth-order valence-electron chi connectivity index (χ4n) is 1.96. The van der Waals surface area contributed by atoms with Gasteiger partial charge in [-0.25, -0.2) is 0 Å². The lowest BCUT2D eigenvalue weighted by Gasteiger charge is -2.08. The Labute approximate surface area is 113 Å². The van der Waals surface area contributed by atoms with Gasteiger partial charge >= 0.3 is 0 Å². The highest BCUT2D eigenvalue weighted by atomic mass is 16.1. The number of amides is 1. The summed E-state index contributed by atoms with van der Waals surface area (Å²) in [6.45, 7) is 3.98. The smallest absolute Gasteiger partial charge is 0.255 e. The van der Waals surface area contributed by atoms with Crippen molar-refractivity contribution in [3.8, 4) is 0 Å². The fourth-order valence-corrected chi connectivity index (χ4v) is 1.96. The Morgan fingerprint density at radius 1 is 1.16 bits per heavy atom. The van der Waals surface area contributed by atoms with E-state index in [0.717, 1.165) is 17.7 Å². The molecule has 2 aromatic rings. The maximum absolute atomic E-state index is 12.1. The Kier molecular flexibility index (Phi) is 3.85. The van der Waals surface area contributed by atoms with E-state index in [2.05, 4.69) is 12.2 Å². The average molecular weight is 254 g/mol. The van der Waals surface area contributed by atoms with Crippen LogP contribution in [0.4, 0.5) is 11.4 Å². The van der Waals surface area contributed by atoms with Crippen LogP contribution in [0.15, 0.2) is 42.5 Å². The van der Waals surface area contributed by atoms with Gasteiger partial charge in [-0.2, -0.15) is 0 Å². The molecular formula is C16H18N2O. The van der Waals surface area contributed by atoms with Crippen molar-refractivity contribution < 1.29 is 4.79 Å². The van der Waals surface area contributed by atoms with Gasteiger partial charge in [0.15, 0.2) is 0 Å². The van der Waals surface area contributed by atoms with Gasteiger partial charge in [-0.15, -0.1) is 0 Å². The number of nitrogens with one attached hydrogen (secondary N) is 1. The largest absolute Gasteiger partial charge is 0.399 e. The van der Waals surface area contributed by atoms with Crippen LogP contribution in [0.25, 0.3) is 0 Å². The molecule has 2 aromatic carbocycles. The maximum Gasteiger partial charge on any atom is 0.255 e. The molecule has 0 radical (unpaired) electrons. The van der Waals surface area contributed by atoms with Crippen LogP contribution >= 0.6 is 0 Å². The molecule has 3 heteroatoms. The molecule has 3 N–H and O–H groups in total. The van der Waals surface area contributed by atoms with Gasteiger partial charge in [0.1, 0.15) is 0 Å². The number of benzene rings is 2. The van der Waals surface area contributed by atoms with E-state index in [9.17, 15) is 4.79 Å². The first-order chi connectivity index (χ1) is 9.10. The first kappa shape index (κ1) is 13.1. The number of nitrogen functional groups attached to an aromatic ring is 1. The number of anilines is 2. The summed E-state index contributed by atoms with van der Waals surface area (Å²) in [7, 11) is 0. The molecule has 0 bridgehead atoms. The van der Waals surface area contributed by atoms with Gasteiger partial charge in [-0.3, -0.25) is 4.79 Å². The van der Waals surface area contributed by atoms with E-state index in [1.807, 2.05) is 31.2 Å². The van der Waals surface area contributed by atoms with Crippen molar-refractivity contribution in [3.63, 3.8) is 0 Å². The topological polar surface area (TPSA) is 55.1 Å². The van der Waals surface area contributed by atoms with E-state index in [4.69, 9.17) is 5.73 Å².